The number of esters is 1. The number of fused-ring (bicyclic) bond motifs is 2. The van der Waals surface area contributed by atoms with Crippen molar-refractivity contribution in [3.05, 3.63) is 53.7 Å². The van der Waals surface area contributed by atoms with Gasteiger partial charge in [0.2, 0.25) is 5.91 Å². The Kier molecular flexibility index (Phi) is 13.7. The molecule has 11 heteroatoms. The fraction of sp³-hybridized carbons (Fsp3) is 0.586. The van der Waals surface area contributed by atoms with E-state index in [2.05, 4.69) is 20.6 Å². The minimum Gasteiger partial charge on any atom is -0.460 e. The van der Waals surface area contributed by atoms with Gasteiger partial charge in [-0.15, -0.1) is 0 Å². The van der Waals surface area contributed by atoms with Gasteiger partial charge in [0, 0.05) is 25.3 Å². The average molecular weight is 562 g/mol. The molecule has 0 aliphatic carbocycles. The Labute approximate surface area is 235 Å². The number of aliphatic hydroxyl groups is 1. The van der Waals surface area contributed by atoms with Crippen molar-refractivity contribution in [3.63, 3.8) is 0 Å². The van der Waals surface area contributed by atoms with Crippen LogP contribution in [0.5, 0.6) is 0 Å². The number of hydrogen-bond donors (Lipinski definition) is 5. The molecule has 222 valence electrons. The zero-order chi connectivity index (χ0) is 29.7. The topological polar surface area (TPSA) is 159 Å². The Morgan fingerprint density at radius 2 is 1.98 bits per heavy atom. The van der Waals surface area contributed by atoms with Crippen molar-refractivity contribution in [2.75, 3.05) is 13.1 Å². The van der Waals surface area contributed by atoms with Gasteiger partial charge in [0.1, 0.15) is 29.8 Å². The molecule has 1 aromatic rings. The van der Waals surface area contributed by atoms with Gasteiger partial charge in [-0.25, -0.2) is 14.2 Å². The van der Waals surface area contributed by atoms with Crippen molar-refractivity contribution in [1.29, 1.82) is 0 Å². The maximum Gasteiger partial charge on any atom is 0.328 e. The molecule has 0 fully saturated rings. The summed E-state index contributed by atoms with van der Waals surface area (Å²) in [5.41, 5.74) is 6.42. The first-order valence-corrected chi connectivity index (χ1v) is 13.9. The monoisotopic (exact) mass is 561 g/mol. The molecule has 1 aliphatic heterocycles. The molecule has 2 amide bonds. The molecule has 0 radical (unpaired) electrons. The maximum absolute atomic E-state index is 14.7. The number of alkyl halides is 1. The lowest BCUT2D eigenvalue weighted by Gasteiger charge is -2.28. The summed E-state index contributed by atoms with van der Waals surface area (Å²) in [4.78, 5) is 45.4. The van der Waals surface area contributed by atoms with Gasteiger partial charge in [-0.1, -0.05) is 50.6 Å². The summed E-state index contributed by atoms with van der Waals surface area (Å²) >= 11 is 0. The molecule has 5 unspecified atom stereocenters. The summed E-state index contributed by atoms with van der Waals surface area (Å²) in [6, 6.07) is -0.931. The van der Waals surface area contributed by atoms with Crippen LogP contribution in [0.3, 0.4) is 0 Å². The number of allylic oxidation sites excluding steroid dienone is 2. The first-order chi connectivity index (χ1) is 19.0. The number of halogens is 1. The normalized spacial score (nSPS) is 29.1. The number of amides is 2. The van der Waals surface area contributed by atoms with Crippen LogP contribution in [0.2, 0.25) is 0 Å². The zero-order valence-corrected chi connectivity index (χ0v) is 23.9. The summed E-state index contributed by atoms with van der Waals surface area (Å²) in [6.45, 7) is 8.17. The molecule has 2 bridgehead atoms. The second kappa shape index (κ2) is 16.7. The molecule has 0 saturated heterocycles. The molecule has 2 rings (SSSR count). The van der Waals surface area contributed by atoms with Crippen molar-refractivity contribution in [2.45, 2.75) is 84.2 Å². The van der Waals surface area contributed by atoms with Crippen LogP contribution in [0.1, 0.15) is 69.7 Å². The van der Waals surface area contributed by atoms with Gasteiger partial charge in [0.25, 0.3) is 5.91 Å². The standard InChI is InChI=1S/C29H44FN5O5/c1-18(2)27-20(4)10-11-26(37)32-13-7-8-19(3)14-22(36)15-21(30)16-25-33-17-24(34-25)28(38)35-23(29(39)40-27)9-5-6-12-31/h7-8,10-11,14,17-18,20-23,27,36H,5-6,9,12-13,15-16,31H2,1-4H3,(H,32,37)(H,33,34)(H,35,38)/b8-7+,11-10+,19-14+. The average Bonchev–Trinajstić information content (AvgIpc) is 3.35. The van der Waals surface area contributed by atoms with E-state index in [0.29, 0.717) is 25.8 Å². The number of unbranched alkanes of at least 4 members (excludes halogenated alkanes) is 1. The number of nitrogens with two attached hydrogens (primary N) is 1. The molecule has 5 atom stereocenters. The van der Waals surface area contributed by atoms with Gasteiger partial charge < -0.3 is 31.2 Å². The van der Waals surface area contributed by atoms with Gasteiger partial charge in [-0.3, -0.25) is 9.59 Å². The van der Waals surface area contributed by atoms with Crippen molar-refractivity contribution in [1.82, 2.24) is 20.6 Å². The van der Waals surface area contributed by atoms with E-state index in [1.807, 2.05) is 20.8 Å². The lowest BCUT2D eigenvalue weighted by Crippen LogP contribution is -2.44. The predicted molar refractivity (Wildman–Crippen MR) is 151 cm³/mol. The third kappa shape index (κ3) is 11.4. The third-order valence-electron chi connectivity index (χ3n) is 6.53. The number of H-pyrrole nitrogens is 1. The largest absolute Gasteiger partial charge is 0.460 e. The second-order valence-electron chi connectivity index (χ2n) is 10.6. The van der Waals surface area contributed by atoms with Gasteiger partial charge in [0.05, 0.1) is 12.3 Å². The Morgan fingerprint density at radius 3 is 2.67 bits per heavy atom. The Balaban J connectivity index is 2.32. The van der Waals surface area contributed by atoms with E-state index in [1.165, 1.54) is 18.3 Å². The number of cyclic esters (lactones) is 1. The van der Waals surface area contributed by atoms with Crippen LogP contribution in [-0.2, 0) is 20.7 Å². The van der Waals surface area contributed by atoms with Crippen LogP contribution in [0.4, 0.5) is 4.39 Å². The molecule has 6 N–H and O–H groups in total. The second-order valence-corrected chi connectivity index (χ2v) is 10.6. The van der Waals surface area contributed by atoms with Crippen molar-refractivity contribution in [3.8, 4) is 0 Å². The van der Waals surface area contributed by atoms with E-state index >= 15 is 0 Å². The molecule has 0 saturated carbocycles. The summed E-state index contributed by atoms with van der Waals surface area (Å²) in [7, 11) is 0. The van der Waals surface area contributed by atoms with E-state index in [0.717, 1.165) is 5.57 Å². The number of nitrogens with one attached hydrogen (secondary N) is 3. The van der Waals surface area contributed by atoms with Crippen LogP contribution in [-0.4, -0.2) is 70.4 Å². The first kappa shape index (κ1) is 32.9. The number of hydrogen-bond acceptors (Lipinski definition) is 7. The first-order valence-electron chi connectivity index (χ1n) is 13.9. The number of aromatic nitrogens is 2. The number of nitrogens with zero attached hydrogens (tertiary/aromatic N) is 1. The van der Waals surface area contributed by atoms with Crippen LogP contribution in [0.15, 0.2) is 42.2 Å². The highest BCUT2D eigenvalue weighted by atomic mass is 19.1. The summed E-state index contributed by atoms with van der Waals surface area (Å²) in [5.74, 6) is -1.55. The molecule has 1 aromatic heterocycles. The van der Waals surface area contributed by atoms with Crippen LogP contribution < -0.4 is 16.4 Å². The Hall–Kier alpha value is -3.31. The Bertz CT molecular complexity index is 1070. The highest BCUT2D eigenvalue weighted by molar-refractivity contribution is 5.95. The lowest BCUT2D eigenvalue weighted by molar-refractivity contribution is -0.155. The number of aromatic amines is 1. The highest BCUT2D eigenvalue weighted by Crippen LogP contribution is 2.20. The van der Waals surface area contributed by atoms with Crippen LogP contribution in [0, 0.1) is 11.8 Å². The smallest absolute Gasteiger partial charge is 0.328 e. The summed E-state index contributed by atoms with van der Waals surface area (Å²) in [5, 5.41) is 15.7. The SMILES string of the molecule is CC1=C\C(O)CC(F)Cc2ncc([nH]2)C(=O)NC(CCCCN)C(=O)OC(C(C)C)C(C)/C=C/C(=O)NC\C=C\1. The van der Waals surface area contributed by atoms with Gasteiger partial charge in [-0.2, -0.15) is 0 Å². The number of aliphatic hydroxyl groups excluding tert-OH is 1. The van der Waals surface area contributed by atoms with E-state index in [-0.39, 0.29) is 48.6 Å². The van der Waals surface area contributed by atoms with Crippen molar-refractivity contribution in [2.24, 2.45) is 17.6 Å². The molecule has 10 nitrogen and oxygen atoms in total. The summed E-state index contributed by atoms with van der Waals surface area (Å²) < 4.78 is 20.5. The molecular weight excluding hydrogens is 517 g/mol. The van der Waals surface area contributed by atoms with Crippen molar-refractivity contribution < 1.29 is 28.6 Å². The van der Waals surface area contributed by atoms with Gasteiger partial charge in [0.15, 0.2) is 0 Å². The minimum absolute atomic E-state index is 0.0570. The summed E-state index contributed by atoms with van der Waals surface area (Å²) in [6.07, 6.45) is 7.73. The fourth-order valence-electron chi connectivity index (χ4n) is 4.42. The number of ether oxygens (including phenoxy) is 1. The predicted octanol–water partition coefficient (Wildman–Crippen LogP) is 2.66. The molecule has 2 heterocycles. The van der Waals surface area contributed by atoms with Gasteiger partial charge >= 0.3 is 5.97 Å². The van der Waals surface area contributed by atoms with E-state index < -0.39 is 36.3 Å². The zero-order valence-electron chi connectivity index (χ0n) is 23.9. The lowest BCUT2D eigenvalue weighted by atomic mass is 9.94. The quantitative estimate of drug-likeness (QED) is 0.273. The maximum atomic E-state index is 14.7. The van der Waals surface area contributed by atoms with E-state index in [1.54, 1.807) is 25.2 Å². The van der Waals surface area contributed by atoms with E-state index in [9.17, 15) is 23.9 Å². The number of imidazole rings is 1. The van der Waals surface area contributed by atoms with Crippen molar-refractivity contribution >= 4 is 17.8 Å². The number of rotatable bonds is 5. The molecule has 1 aliphatic rings. The molecule has 0 spiro atoms. The van der Waals surface area contributed by atoms with Crippen LogP contribution in [0.25, 0.3) is 0 Å². The third-order valence-corrected chi connectivity index (χ3v) is 6.53. The van der Waals surface area contributed by atoms with Gasteiger partial charge in [-0.05, 0) is 44.7 Å². The molecule has 40 heavy (non-hydrogen) atoms. The minimum atomic E-state index is -1.41. The fourth-order valence-corrected chi connectivity index (χ4v) is 4.42. The Morgan fingerprint density at radius 1 is 1.23 bits per heavy atom. The highest BCUT2D eigenvalue weighted by Gasteiger charge is 2.29. The molecule has 0 aromatic carbocycles. The van der Waals surface area contributed by atoms with E-state index in [4.69, 9.17) is 10.5 Å². The van der Waals surface area contributed by atoms with Crippen LogP contribution >= 0.6 is 0 Å². The molecular formula is C29H44FN5O5. The number of carbonyl (C=O) groups excluding carboxylic acids is 3. The number of carbonyl (C=O) groups is 3.